The van der Waals surface area contributed by atoms with Gasteiger partial charge in [-0.1, -0.05) is 13.8 Å². The van der Waals surface area contributed by atoms with E-state index in [-0.39, 0.29) is 11.9 Å². The van der Waals surface area contributed by atoms with E-state index in [0.717, 1.165) is 13.1 Å². The van der Waals surface area contributed by atoms with Gasteiger partial charge in [0.15, 0.2) is 0 Å². The van der Waals surface area contributed by atoms with Gasteiger partial charge >= 0.3 is 6.09 Å². The number of nitrogens with two attached hydrogens (primary N) is 1. The maximum Gasteiger partial charge on any atom is 0.409 e. The summed E-state index contributed by atoms with van der Waals surface area (Å²) in [6, 6.07) is 0. The summed E-state index contributed by atoms with van der Waals surface area (Å²) in [5, 5.41) is 7.21. The first kappa shape index (κ1) is 13.8. The summed E-state index contributed by atoms with van der Waals surface area (Å²) in [5.74, 6) is 0.527. The van der Waals surface area contributed by atoms with Crippen LogP contribution >= 0.6 is 0 Å². The maximum atomic E-state index is 11.6. The lowest BCUT2D eigenvalue weighted by molar-refractivity contribution is 0.0721. The molecule has 98 valence electrons. The summed E-state index contributed by atoms with van der Waals surface area (Å²) in [7, 11) is 0. The Morgan fingerprint density at radius 2 is 1.94 bits per heavy atom. The summed E-state index contributed by atoms with van der Waals surface area (Å²) in [6.45, 7) is 7.75. The number of hydrogen-bond donors (Lipinski definition) is 2. The summed E-state index contributed by atoms with van der Waals surface area (Å²) in [4.78, 5) is 15.4. The Bertz CT molecular complexity index is 273. The van der Waals surface area contributed by atoms with E-state index in [9.17, 15) is 4.79 Å². The number of carbonyl (C=O) groups excluding carboxylic acids is 1. The van der Waals surface area contributed by atoms with E-state index in [0.29, 0.717) is 32.2 Å². The van der Waals surface area contributed by atoms with Crippen molar-refractivity contribution in [3.05, 3.63) is 0 Å². The van der Waals surface area contributed by atoms with Crippen molar-refractivity contribution < 1.29 is 9.53 Å². The quantitative estimate of drug-likeness (QED) is 0.550. The molecule has 0 aliphatic carbocycles. The minimum Gasteiger partial charge on any atom is -0.449 e. The van der Waals surface area contributed by atoms with Gasteiger partial charge in [-0.05, 0) is 5.92 Å². The molecule has 17 heavy (non-hydrogen) atoms. The molecule has 1 amide bonds. The predicted molar refractivity (Wildman–Crippen MR) is 66.1 cm³/mol. The minimum atomic E-state index is -0.235. The van der Waals surface area contributed by atoms with E-state index < -0.39 is 0 Å². The Morgan fingerprint density at radius 1 is 1.35 bits per heavy atom. The van der Waals surface area contributed by atoms with E-state index in [1.807, 2.05) is 13.8 Å². The van der Waals surface area contributed by atoms with Gasteiger partial charge in [0.25, 0.3) is 0 Å². The molecule has 1 rings (SSSR count). The molecule has 0 saturated carbocycles. The number of hydrogen-bond acceptors (Lipinski definition) is 4. The first-order valence-electron chi connectivity index (χ1n) is 5.96. The smallest absolute Gasteiger partial charge is 0.409 e. The van der Waals surface area contributed by atoms with Gasteiger partial charge in [-0.2, -0.15) is 0 Å². The van der Waals surface area contributed by atoms with Crippen molar-refractivity contribution in [2.75, 3.05) is 39.3 Å². The molecular weight excluding hydrogens is 220 g/mol. The fraction of sp³-hybridized carbons (Fsp3) is 0.818. The molecule has 1 heterocycles. The van der Waals surface area contributed by atoms with Crippen LogP contribution in [0.3, 0.4) is 0 Å². The number of ether oxygens (including phenoxy) is 1. The maximum absolute atomic E-state index is 11.6. The second kappa shape index (κ2) is 6.44. The van der Waals surface area contributed by atoms with Crippen LogP contribution in [0.15, 0.2) is 0 Å². The van der Waals surface area contributed by atoms with Crippen molar-refractivity contribution in [3.63, 3.8) is 0 Å². The summed E-state index contributed by atoms with van der Waals surface area (Å²) in [6.07, 6.45) is -0.235. The zero-order valence-electron chi connectivity index (χ0n) is 10.6. The molecule has 0 unspecified atom stereocenters. The van der Waals surface area contributed by atoms with Crippen LogP contribution in [0.1, 0.15) is 13.8 Å². The molecule has 0 spiro atoms. The molecular formula is C11H22N4O2. The molecule has 1 aliphatic rings. The Labute approximate surface area is 102 Å². The van der Waals surface area contributed by atoms with Crippen molar-refractivity contribution in [1.29, 1.82) is 5.41 Å². The van der Waals surface area contributed by atoms with Crippen LogP contribution < -0.4 is 5.73 Å². The van der Waals surface area contributed by atoms with E-state index in [2.05, 4.69) is 4.90 Å². The number of nitrogens with zero attached hydrogens (tertiary/aromatic N) is 2. The third-order valence-electron chi connectivity index (χ3n) is 2.56. The van der Waals surface area contributed by atoms with Crippen molar-refractivity contribution >= 4 is 11.9 Å². The normalized spacial score (nSPS) is 17.2. The van der Waals surface area contributed by atoms with Gasteiger partial charge in [0.2, 0.25) is 0 Å². The highest BCUT2D eigenvalue weighted by Gasteiger charge is 2.22. The highest BCUT2D eigenvalue weighted by Crippen LogP contribution is 2.04. The lowest BCUT2D eigenvalue weighted by Gasteiger charge is -2.33. The molecule has 0 atom stereocenters. The van der Waals surface area contributed by atoms with Crippen LogP contribution in [0.25, 0.3) is 0 Å². The summed E-state index contributed by atoms with van der Waals surface area (Å²) >= 11 is 0. The van der Waals surface area contributed by atoms with E-state index in [1.165, 1.54) is 0 Å². The van der Waals surface area contributed by atoms with Crippen molar-refractivity contribution in [1.82, 2.24) is 9.80 Å². The van der Waals surface area contributed by atoms with Gasteiger partial charge in [0.1, 0.15) is 5.84 Å². The van der Waals surface area contributed by atoms with Gasteiger partial charge in [-0.15, -0.1) is 0 Å². The zero-order chi connectivity index (χ0) is 12.8. The average Bonchev–Trinajstić information content (AvgIpc) is 2.26. The van der Waals surface area contributed by atoms with Gasteiger partial charge < -0.3 is 15.4 Å². The number of amides is 1. The lowest BCUT2D eigenvalue weighted by atomic mass is 10.2. The number of amidine groups is 1. The topological polar surface area (TPSA) is 82.7 Å². The molecule has 1 aliphatic heterocycles. The van der Waals surface area contributed by atoms with Crippen LogP contribution in [0.4, 0.5) is 4.79 Å². The Balaban J connectivity index is 2.26. The predicted octanol–water partition coefficient (Wildman–Crippen LogP) is 0.333. The lowest BCUT2D eigenvalue weighted by Crippen LogP contribution is -2.50. The molecule has 6 nitrogen and oxygen atoms in total. The third-order valence-corrected chi connectivity index (χ3v) is 2.56. The molecule has 3 N–H and O–H groups in total. The molecule has 1 fully saturated rings. The number of rotatable bonds is 4. The van der Waals surface area contributed by atoms with Crippen molar-refractivity contribution in [2.45, 2.75) is 13.8 Å². The van der Waals surface area contributed by atoms with Crippen LogP contribution in [-0.2, 0) is 4.74 Å². The molecule has 0 radical (unpaired) electrons. The second-order valence-corrected chi connectivity index (χ2v) is 4.76. The van der Waals surface area contributed by atoms with Crippen LogP contribution in [-0.4, -0.2) is 61.1 Å². The monoisotopic (exact) mass is 242 g/mol. The van der Waals surface area contributed by atoms with Crippen LogP contribution in [0.2, 0.25) is 0 Å². The Morgan fingerprint density at radius 3 is 2.41 bits per heavy atom. The third kappa shape index (κ3) is 5.04. The Kier molecular flexibility index (Phi) is 5.21. The minimum absolute atomic E-state index is 0.167. The number of carbonyl (C=O) groups is 1. The number of piperazine rings is 1. The van der Waals surface area contributed by atoms with Crippen molar-refractivity contribution in [3.8, 4) is 0 Å². The molecule has 0 aromatic heterocycles. The highest BCUT2D eigenvalue weighted by molar-refractivity contribution is 5.79. The van der Waals surface area contributed by atoms with Crippen molar-refractivity contribution in [2.24, 2.45) is 11.7 Å². The molecule has 0 aromatic rings. The Hall–Kier alpha value is -1.30. The summed E-state index contributed by atoms with van der Waals surface area (Å²) in [5.41, 5.74) is 5.34. The first-order valence-corrected chi connectivity index (χ1v) is 5.96. The largest absolute Gasteiger partial charge is 0.449 e. The average molecular weight is 242 g/mol. The number of nitrogens with one attached hydrogen (secondary N) is 1. The van der Waals surface area contributed by atoms with Crippen LogP contribution in [0.5, 0.6) is 0 Å². The van der Waals surface area contributed by atoms with Gasteiger partial charge in [0, 0.05) is 26.2 Å². The van der Waals surface area contributed by atoms with Crippen LogP contribution in [0, 0.1) is 11.3 Å². The molecule has 6 heteroatoms. The molecule has 0 aromatic carbocycles. The second-order valence-electron chi connectivity index (χ2n) is 4.76. The first-order chi connectivity index (χ1) is 7.99. The SMILES string of the molecule is CC(C)COC(=O)N1CCN(CC(=N)N)CC1. The van der Waals surface area contributed by atoms with E-state index >= 15 is 0 Å². The molecule has 0 bridgehead atoms. The standard InChI is InChI=1S/C11H22N4O2/c1-9(2)8-17-11(16)15-5-3-14(4-6-15)7-10(12)13/h9H,3-8H2,1-2H3,(H3,12,13). The fourth-order valence-corrected chi connectivity index (χ4v) is 1.66. The van der Waals surface area contributed by atoms with Gasteiger partial charge in [-0.3, -0.25) is 10.3 Å². The van der Waals surface area contributed by atoms with Gasteiger partial charge in [-0.25, -0.2) is 4.79 Å². The van der Waals surface area contributed by atoms with E-state index in [1.54, 1.807) is 4.90 Å². The fourth-order valence-electron chi connectivity index (χ4n) is 1.66. The zero-order valence-corrected chi connectivity index (χ0v) is 10.6. The summed E-state index contributed by atoms with van der Waals surface area (Å²) < 4.78 is 5.16. The molecule has 1 saturated heterocycles. The highest BCUT2D eigenvalue weighted by atomic mass is 16.6. The van der Waals surface area contributed by atoms with Gasteiger partial charge in [0.05, 0.1) is 13.2 Å². The van der Waals surface area contributed by atoms with E-state index in [4.69, 9.17) is 15.9 Å².